The number of hydrogen-bond donors (Lipinski definition) is 1. The highest BCUT2D eigenvalue weighted by Crippen LogP contribution is 2.30. The molecule has 3 nitrogen and oxygen atoms in total. The van der Waals surface area contributed by atoms with Crippen LogP contribution in [0.2, 0.25) is 5.02 Å². The lowest BCUT2D eigenvalue weighted by Gasteiger charge is -2.11. The topological polar surface area (TPSA) is 30.5 Å². The van der Waals surface area contributed by atoms with Crippen LogP contribution in [0.3, 0.4) is 0 Å². The number of benzene rings is 2. The maximum atomic E-state index is 13.1. The molecule has 0 radical (unpaired) electrons. The number of hydrogen-bond acceptors (Lipinski definition) is 3. The third-order valence-corrected chi connectivity index (χ3v) is 3.52. The molecule has 1 N–H and O–H groups in total. The van der Waals surface area contributed by atoms with Crippen LogP contribution in [0.4, 0.5) is 10.1 Å². The van der Waals surface area contributed by atoms with Gasteiger partial charge in [-0.3, -0.25) is 0 Å². The van der Waals surface area contributed by atoms with Crippen molar-refractivity contribution < 1.29 is 13.9 Å². The van der Waals surface area contributed by atoms with Gasteiger partial charge in [0.15, 0.2) is 11.5 Å². The third-order valence-electron chi connectivity index (χ3n) is 3.23. The number of anilines is 1. The second kappa shape index (κ2) is 6.22. The Balaban J connectivity index is 1.70. The molecule has 110 valence electrons. The molecule has 1 aliphatic heterocycles. The van der Waals surface area contributed by atoms with Crippen LogP contribution in [0.5, 0.6) is 11.5 Å². The molecule has 1 aliphatic rings. The zero-order chi connectivity index (χ0) is 14.7. The summed E-state index contributed by atoms with van der Waals surface area (Å²) in [5.41, 5.74) is 1.83. The average molecular weight is 308 g/mol. The minimum Gasteiger partial charge on any atom is -0.490 e. The fourth-order valence-electron chi connectivity index (χ4n) is 2.13. The van der Waals surface area contributed by atoms with Crippen molar-refractivity contribution in [3.63, 3.8) is 0 Å². The number of ether oxygens (including phenoxy) is 2. The Labute approximate surface area is 127 Å². The molecular formula is C16H15ClFNO2. The van der Waals surface area contributed by atoms with Crippen molar-refractivity contribution in [1.29, 1.82) is 0 Å². The van der Waals surface area contributed by atoms with E-state index in [1.807, 2.05) is 18.2 Å². The standard InChI is InChI=1S/C16H15ClFNO2/c17-13-9-12(3-4-14(13)18)19-10-11-2-5-15-16(8-11)21-7-1-6-20-15/h2-5,8-9,19H,1,6-7,10H2. The molecule has 0 bridgehead atoms. The Bertz CT molecular complexity index is 648. The van der Waals surface area contributed by atoms with E-state index in [2.05, 4.69) is 5.32 Å². The molecule has 0 amide bonds. The van der Waals surface area contributed by atoms with E-state index >= 15 is 0 Å². The van der Waals surface area contributed by atoms with Crippen LogP contribution in [0.1, 0.15) is 12.0 Å². The quantitative estimate of drug-likeness (QED) is 0.919. The van der Waals surface area contributed by atoms with E-state index in [-0.39, 0.29) is 5.02 Å². The highest BCUT2D eigenvalue weighted by Gasteiger charge is 2.10. The van der Waals surface area contributed by atoms with E-state index in [1.54, 1.807) is 12.1 Å². The predicted molar refractivity (Wildman–Crippen MR) is 80.8 cm³/mol. The minimum atomic E-state index is -0.419. The molecule has 0 atom stereocenters. The molecule has 0 unspecified atom stereocenters. The molecule has 0 fully saturated rings. The summed E-state index contributed by atoms with van der Waals surface area (Å²) in [4.78, 5) is 0. The van der Waals surface area contributed by atoms with Crippen molar-refractivity contribution in [2.24, 2.45) is 0 Å². The zero-order valence-corrected chi connectivity index (χ0v) is 12.1. The lowest BCUT2D eigenvalue weighted by molar-refractivity contribution is 0.297. The number of rotatable bonds is 3. The van der Waals surface area contributed by atoms with E-state index in [0.717, 1.165) is 29.2 Å². The van der Waals surface area contributed by atoms with E-state index in [1.165, 1.54) is 6.07 Å². The van der Waals surface area contributed by atoms with Crippen molar-refractivity contribution >= 4 is 17.3 Å². The normalized spacial score (nSPS) is 13.6. The van der Waals surface area contributed by atoms with Gasteiger partial charge in [0.25, 0.3) is 0 Å². The van der Waals surface area contributed by atoms with Crippen LogP contribution in [0, 0.1) is 5.82 Å². The van der Waals surface area contributed by atoms with Gasteiger partial charge in [-0.05, 0) is 35.9 Å². The molecule has 2 aromatic carbocycles. The number of halogens is 2. The largest absolute Gasteiger partial charge is 0.490 e. The van der Waals surface area contributed by atoms with E-state index < -0.39 is 5.82 Å². The molecule has 0 aliphatic carbocycles. The summed E-state index contributed by atoms with van der Waals surface area (Å²) in [5, 5.41) is 3.31. The van der Waals surface area contributed by atoms with Gasteiger partial charge in [0.05, 0.1) is 18.2 Å². The molecular weight excluding hydrogens is 293 g/mol. The van der Waals surface area contributed by atoms with Crippen molar-refractivity contribution in [2.45, 2.75) is 13.0 Å². The predicted octanol–water partition coefficient (Wildman–Crippen LogP) is 4.25. The number of nitrogens with one attached hydrogen (secondary N) is 1. The SMILES string of the molecule is Fc1ccc(NCc2ccc3c(c2)OCCCO3)cc1Cl. The Hall–Kier alpha value is -1.94. The van der Waals surface area contributed by atoms with Gasteiger partial charge in [-0.15, -0.1) is 0 Å². The summed E-state index contributed by atoms with van der Waals surface area (Å²) < 4.78 is 24.3. The maximum Gasteiger partial charge on any atom is 0.161 e. The highest BCUT2D eigenvalue weighted by atomic mass is 35.5. The molecule has 21 heavy (non-hydrogen) atoms. The van der Waals surface area contributed by atoms with Gasteiger partial charge in [-0.25, -0.2) is 4.39 Å². The molecule has 0 saturated carbocycles. The summed E-state index contributed by atoms with van der Waals surface area (Å²) in [7, 11) is 0. The summed E-state index contributed by atoms with van der Waals surface area (Å²) in [6.07, 6.45) is 0.885. The summed E-state index contributed by atoms with van der Waals surface area (Å²) >= 11 is 5.76. The van der Waals surface area contributed by atoms with E-state index in [9.17, 15) is 4.39 Å². The second-order valence-corrected chi connectivity index (χ2v) is 5.22. The van der Waals surface area contributed by atoms with Crippen LogP contribution in [-0.4, -0.2) is 13.2 Å². The van der Waals surface area contributed by atoms with Gasteiger partial charge < -0.3 is 14.8 Å². The van der Waals surface area contributed by atoms with Crippen LogP contribution in [0.25, 0.3) is 0 Å². The monoisotopic (exact) mass is 307 g/mol. The van der Waals surface area contributed by atoms with Gasteiger partial charge >= 0.3 is 0 Å². The van der Waals surface area contributed by atoms with Crippen LogP contribution in [0.15, 0.2) is 36.4 Å². The third kappa shape index (κ3) is 3.39. The first kappa shape index (κ1) is 14.0. The van der Waals surface area contributed by atoms with Gasteiger partial charge in [-0.1, -0.05) is 17.7 Å². The first-order valence-electron chi connectivity index (χ1n) is 6.80. The Kier molecular flexibility index (Phi) is 4.15. The minimum absolute atomic E-state index is 0.110. The molecule has 0 aromatic heterocycles. The zero-order valence-electron chi connectivity index (χ0n) is 11.4. The second-order valence-electron chi connectivity index (χ2n) is 4.81. The van der Waals surface area contributed by atoms with Crippen LogP contribution >= 0.6 is 11.6 Å². The van der Waals surface area contributed by atoms with Gasteiger partial charge in [0.1, 0.15) is 5.82 Å². The summed E-state index contributed by atoms with van der Waals surface area (Å²) in [5.74, 6) is 1.13. The molecule has 1 heterocycles. The van der Waals surface area contributed by atoms with Gasteiger partial charge in [-0.2, -0.15) is 0 Å². The Morgan fingerprint density at radius 1 is 1.05 bits per heavy atom. The summed E-state index contributed by atoms with van der Waals surface area (Å²) in [6.45, 7) is 1.94. The maximum absolute atomic E-state index is 13.1. The first-order valence-corrected chi connectivity index (χ1v) is 7.17. The molecule has 3 rings (SSSR count). The Morgan fingerprint density at radius 3 is 2.67 bits per heavy atom. The van der Waals surface area contributed by atoms with Crippen LogP contribution < -0.4 is 14.8 Å². The van der Waals surface area contributed by atoms with Gasteiger partial charge in [0, 0.05) is 18.7 Å². The fraction of sp³-hybridized carbons (Fsp3) is 0.250. The highest BCUT2D eigenvalue weighted by molar-refractivity contribution is 6.31. The lowest BCUT2D eigenvalue weighted by atomic mass is 10.2. The first-order chi connectivity index (χ1) is 10.2. The molecule has 5 heteroatoms. The lowest BCUT2D eigenvalue weighted by Crippen LogP contribution is -2.00. The molecule has 0 spiro atoms. The van der Waals surface area contributed by atoms with Crippen LogP contribution in [-0.2, 0) is 6.54 Å². The van der Waals surface area contributed by atoms with Crippen molar-refractivity contribution in [3.05, 3.63) is 52.8 Å². The van der Waals surface area contributed by atoms with E-state index in [4.69, 9.17) is 21.1 Å². The van der Waals surface area contributed by atoms with Crippen molar-refractivity contribution in [2.75, 3.05) is 18.5 Å². The van der Waals surface area contributed by atoms with Gasteiger partial charge in [0.2, 0.25) is 0 Å². The number of fused-ring (bicyclic) bond motifs is 1. The smallest absolute Gasteiger partial charge is 0.161 e. The summed E-state index contributed by atoms with van der Waals surface area (Å²) in [6, 6.07) is 10.4. The average Bonchev–Trinajstić information content (AvgIpc) is 2.73. The fourth-order valence-corrected chi connectivity index (χ4v) is 2.31. The van der Waals surface area contributed by atoms with Crippen molar-refractivity contribution in [1.82, 2.24) is 0 Å². The molecule has 0 saturated heterocycles. The van der Waals surface area contributed by atoms with E-state index in [0.29, 0.717) is 19.8 Å². The van der Waals surface area contributed by atoms with Crippen molar-refractivity contribution in [3.8, 4) is 11.5 Å². The molecule has 2 aromatic rings. The Morgan fingerprint density at radius 2 is 1.86 bits per heavy atom.